The van der Waals surface area contributed by atoms with Crippen LogP contribution in [0.15, 0.2) is 17.0 Å². The van der Waals surface area contributed by atoms with Crippen molar-refractivity contribution in [3.8, 4) is 0 Å². The minimum atomic E-state index is -3.48. The van der Waals surface area contributed by atoms with E-state index in [9.17, 15) is 8.42 Å². The summed E-state index contributed by atoms with van der Waals surface area (Å²) in [5.41, 5.74) is 8.21. The average molecular weight is 302 g/mol. The van der Waals surface area contributed by atoms with Crippen molar-refractivity contribution < 1.29 is 8.42 Å². The molecule has 0 spiro atoms. The molecule has 0 heterocycles. The van der Waals surface area contributed by atoms with E-state index in [0.29, 0.717) is 5.69 Å². The van der Waals surface area contributed by atoms with Crippen molar-refractivity contribution in [3.63, 3.8) is 0 Å². The third-order valence-electron chi connectivity index (χ3n) is 3.39. The largest absolute Gasteiger partial charge is 0.398 e. The zero-order chi connectivity index (χ0) is 14.8. The Balaban J connectivity index is 3.21. The van der Waals surface area contributed by atoms with Crippen LogP contribution in [0.4, 0.5) is 5.69 Å². The molecule has 0 aromatic heterocycles. The molecule has 0 aliphatic heterocycles. The van der Waals surface area contributed by atoms with E-state index in [1.807, 2.05) is 27.0 Å². The molecule has 0 amide bonds. The zero-order valence-electron chi connectivity index (χ0n) is 12.1. The Kier molecular flexibility index (Phi) is 5.29. The van der Waals surface area contributed by atoms with E-state index < -0.39 is 10.0 Å². The number of nitrogens with two attached hydrogens (primary N) is 1. The molecule has 19 heavy (non-hydrogen) atoms. The smallest absolute Gasteiger partial charge is 0.243 e. The maximum absolute atomic E-state index is 12.5. The molecule has 2 N–H and O–H groups in total. The Morgan fingerprint density at radius 3 is 2.42 bits per heavy atom. The summed E-state index contributed by atoms with van der Waals surface area (Å²) < 4.78 is 26.5. The quantitative estimate of drug-likeness (QED) is 0.847. The highest BCUT2D eigenvalue weighted by atomic mass is 32.2. The summed E-state index contributed by atoms with van der Waals surface area (Å²) in [6.07, 6.45) is 1.96. The molecule has 1 atom stereocenters. The molecule has 1 aromatic carbocycles. The summed E-state index contributed by atoms with van der Waals surface area (Å²) in [5.74, 6) is 0.760. The lowest BCUT2D eigenvalue weighted by Crippen LogP contribution is -2.36. The van der Waals surface area contributed by atoms with Crippen molar-refractivity contribution in [3.05, 3.63) is 23.3 Å². The Hall–Kier alpha value is -0.720. The van der Waals surface area contributed by atoms with Crippen LogP contribution >= 0.6 is 11.8 Å². The number of nitrogens with zero attached hydrogens (tertiary/aromatic N) is 1. The highest BCUT2D eigenvalue weighted by Crippen LogP contribution is 2.24. The van der Waals surface area contributed by atoms with E-state index in [1.54, 1.807) is 30.9 Å². The molecule has 0 radical (unpaired) electrons. The third-order valence-corrected chi connectivity index (χ3v) is 6.15. The lowest BCUT2D eigenvalue weighted by Gasteiger charge is -2.24. The first-order chi connectivity index (χ1) is 8.71. The Morgan fingerprint density at radius 2 is 1.95 bits per heavy atom. The summed E-state index contributed by atoms with van der Waals surface area (Å²) >= 11 is 1.63. The van der Waals surface area contributed by atoms with Crippen LogP contribution in [0.1, 0.15) is 18.1 Å². The van der Waals surface area contributed by atoms with E-state index in [-0.39, 0.29) is 10.9 Å². The second-order valence-corrected chi connectivity index (χ2v) is 7.69. The van der Waals surface area contributed by atoms with Gasteiger partial charge < -0.3 is 5.73 Å². The van der Waals surface area contributed by atoms with Gasteiger partial charge in [-0.2, -0.15) is 16.1 Å². The monoisotopic (exact) mass is 302 g/mol. The third kappa shape index (κ3) is 3.43. The first-order valence-electron chi connectivity index (χ1n) is 6.05. The number of benzene rings is 1. The van der Waals surface area contributed by atoms with Gasteiger partial charge in [-0.15, -0.1) is 0 Å². The first-order valence-corrected chi connectivity index (χ1v) is 8.89. The molecule has 108 valence electrons. The number of hydrogen-bond donors (Lipinski definition) is 1. The van der Waals surface area contributed by atoms with Crippen molar-refractivity contribution in [1.29, 1.82) is 0 Å². The van der Waals surface area contributed by atoms with Gasteiger partial charge in [0.15, 0.2) is 0 Å². The van der Waals surface area contributed by atoms with Gasteiger partial charge in [0.1, 0.15) is 0 Å². The number of sulfonamides is 1. The van der Waals surface area contributed by atoms with Crippen molar-refractivity contribution >= 4 is 27.5 Å². The minimum Gasteiger partial charge on any atom is -0.398 e. The molecule has 1 rings (SSSR count). The number of aryl methyl sites for hydroxylation is 1. The van der Waals surface area contributed by atoms with Gasteiger partial charge in [-0.05, 0) is 50.3 Å². The van der Waals surface area contributed by atoms with Gasteiger partial charge in [-0.1, -0.05) is 0 Å². The lowest BCUT2D eigenvalue weighted by atomic mass is 10.1. The van der Waals surface area contributed by atoms with Gasteiger partial charge in [0.2, 0.25) is 10.0 Å². The van der Waals surface area contributed by atoms with Crippen molar-refractivity contribution in [2.75, 3.05) is 24.8 Å². The van der Waals surface area contributed by atoms with Crippen LogP contribution in [0.5, 0.6) is 0 Å². The van der Waals surface area contributed by atoms with E-state index in [2.05, 4.69) is 0 Å². The van der Waals surface area contributed by atoms with E-state index >= 15 is 0 Å². The van der Waals surface area contributed by atoms with Gasteiger partial charge >= 0.3 is 0 Å². The number of thioether (sulfide) groups is 1. The van der Waals surface area contributed by atoms with Gasteiger partial charge in [-0.3, -0.25) is 0 Å². The van der Waals surface area contributed by atoms with Crippen LogP contribution in [-0.2, 0) is 10.0 Å². The summed E-state index contributed by atoms with van der Waals surface area (Å²) in [5, 5.41) is 0. The van der Waals surface area contributed by atoms with Crippen molar-refractivity contribution in [2.45, 2.75) is 31.7 Å². The topological polar surface area (TPSA) is 63.4 Å². The number of rotatable bonds is 5. The van der Waals surface area contributed by atoms with Gasteiger partial charge in [0, 0.05) is 24.5 Å². The highest BCUT2D eigenvalue weighted by Gasteiger charge is 2.25. The summed E-state index contributed by atoms with van der Waals surface area (Å²) in [6, 6.07) is 3.17. The zero-order valence-corrected chi connectivity index (χ0v) is 13.7. The second-order valence-electron chi connectivity index (χ2n) is 4.78. The average Bonchev–Trinajstić information content (AvgIpc) is 2.34. The molecular formula is C13H22N2O2S2. The lowest BCUT2D eigenvalue weighted by molar-refractivity contribution is 0.415. The predicted octanol–water partition coefficient (Wildman–Crippen LogP) is 2.26. The Labute approximate surface area is 120 Å². The molecule has 4 nitrogen and oxygen atoms in total. The predicted molar refractivity (Wildman–Crippen MR) is 83.1 cm³/mol. The fraction of sp³-hybridized carbons (Fsp3) is 0.538. The number of nitrogen functional groups attached to an aromatic ring is 1. The van der Waals surface area contributed by atoms with Crippen LogP contribution in [0.3, 0.4) is 0 Å². The molecule has 0 fully saturated rings. The molecule has 0 saturated carbocycles. The Morgan fingerprint density at radius 1 is 1.37 bits per heavy atom. The molecule has 6 heteroatoms. The molecular weight excluding hydrogens is 280 g/mol. The van der Waals surface area contributed by atoms with Crippen LogP contribution in [-0.4, -0.2) is 37.8 Å². The fourth-order valence-corrected chi connectivity index (χ4v) is 4.03. The van der Waals surface area contributed by atoms with Crippen LogP contribution in [0.25, 0.3) is 0 Å². The normalized spacial score (nSPS) is 13.8. The van der Waals surface area contributed by atoms with Crippen molar-refractivity contribution in [1.82, 2.24) is 4.31 Å². The Bertz CT molecular complexity index is 533. The second kappa shape index (κ2) is 6.15. The van der Waals surface area contributed by atoms with E-state index in [0.717, 1.165) is 16.9 Å². The highest BCUT2D eigenvalue weighted by molar-refractivity contribution is 7.98. The summed E-state index contributed by atoms with van der Waals surface area (Å²) in [7, 11) is -1.87. The molecule has 0 saturated heterocycles. The summed E-state index contributed by atoms with van der Waals surface area (Å²) in [4.78, 5) is 0.267. The van der Waals surface area contributed by atoms with Gasteiger partial charge in [-0.25, -0.2) is 8.42 Å². The fourth-order valence-electron chi connectivity index (χ4n) is 1.75. The molecule has 1 aromatic rings. The van der Waals surface area contributed by atoms with Gasteiger partial charge in [0.05, 0.1) is 4.90 Å². The van der Waals surface area contributed by atoms with Crippen LogP contribution in [0, 0.1) is 13.8 Å². The maximum atomic E-state index is 12.5. The van der Waals surface area contributed by atoms with Crippen LogP contribution in [0.2, 0.25) is 0 Å². The van der Waals surface area contributed by atoms with Gasteiger partial charge in [0.25, 0.3) is 0 Å². The SMILES string of the molecule is CSCC(C)N(C)S(=O)(=O)c1cc(C)c(C)c(N)c1. The van der Waals surface area contributed by atoms with Crippen LogP contribution < -0.4 is 5.73 Å². The molecule has 1 unspecified atom stereocenters. The standard InChI is InChI=1S/C13H22N2O2S2/c1-9-6-12(7-13(14)11(9)3)19(16,17)15(4)10(2)8-18-5/h6-7,10H,8,14H2,1-5H3. The molecule has 0 aliphatic rings. The molecule has 0 bridgehead atoms. The number of hydrogen-bond acceptors (Lipinski definition) is 4. The summed E-state index contributed by atoms with van der Waals surface area (Å²) in [6.45, 7) is 5.66. The minimum absolute atomic E-state index is 0.0529. The van der Waals surface area contributed by atoms with Crippen molar-refractivity contribution in [2.24, 2.45) is 0 Å². The van der Waals surface area contributed by atoms with E-state index in [1.165, 1.54) is 4.31 Å². The molecule has 0 aliphatic carbocycles. The first kappa shape index (κ1) is 16.3. The van der Waals surface area contributed by atoms with E-state index in [4.69, 9.17) is 5.73 Å². The number of anilines is 1. The maximum Gasteiger partial charge on any atom is 0.243 e.